The summed E-state index contributed by atoms with van der Waals surface area (Å²) in [4.78, 5) is 22.5. The van der Waals surface area contributed by atoms with E-state index >= 15 is 0 Å². The van der Waals surface area contributed by atoms with E-state index < -0.39 is 60.7 Å². The van der Waals surface area contributed by atoms with Crippen molar-refractivity contribution in [2.24, 2.45) is 0 Å². The Morgan fingerprint density at radius 1 is 0.756 bits per heavy atom. The molecule has 0 bridgehead atoms. The average Bonchev–Trinajstić information content (AvgIpc) is 2.98. The van der Waals surface area contributed by atoms with Gasteiger partial charge in [0.2, 0.25) is 0 Å². The molecular formula is C33H57ClN2O6Sn3. The van der Waals surface area contributed by atoms with Crippen LogP contribution in [0.4, 0.5) is 0 Å². The van der Waals surface area contributed by atoms with Crippen LogP contribution in [0.3, 0.4) is 0 Å². The van der Waals surface area contributed by atoms with Gasteiger partial charge in [-0.3, -0.25) is 0 Å². The Kier molecular flexibility index (Phi) is 27.3. The molecule has 12 heteroatoms. The van der Waals surface area contributed by atoms with Crippen LogP contribution < -0.4 is 13.2 Å². The minimum absolute atomic E-state index is 0.0321. The molecule has 2 atom stereocenters. The molecule has 0 saturated carbocycles. The number of halogens is 1. The maximum absolute atomic E-state index is 5.74. The van der Waals surface area contributed by atoms with Crippen LogP contribution in [0.25, 0.3) is 0 Å². The number of hydrogen-bond donors (Lipinski definition) is 0. The number of ether oxygens (including phenoxy) is 6. The van der Waals surface area contributed by atoms with E-state index in [-0.39, 0.29) is 12.6 Å². The van der Waals surface area contributed by atoms with Crippen LogP contribution in [-0.4, -0.2) is 123 Å². The van der Waals surface area contributed by atoms with Gasteiger partial charge in [0.1, 0.15) is 17.5 Å². The van der Waals surface area contributed by atoms with E-state index in [0.29, 0.717) is 37.3 Å². The molecule has 0 aromatic carbocycles. The summed E-state index contributed by atoms with van der Waals surface area (Å²) in [6.45, 7) is 8.29. The third-order valence-electron chi connectivity index (χ3n) is 5.45. The number of hydrogen-bond acceptors (Lipinski definition) is 8. The van der Waals surface area contributed by atoms with Crippen molar-refractivity contribution in [2.75, 3.05) is 39.6 Å². The summed E-state index contributed by atoms with van der Waals surface area (Å²) in [7, 11) is 0. The molecule has 4 heterocycles. The standard InChI is InChI=1S/C12H16ClNO3.C12H16NO3.C3H7.6CH3.3Sn/c13-11-9-10(4-5-14-11)15-7-8-17-12-3-1-2-6-16-12;1-2-8-15-12(3-1)16-10-9-14-11-4-6-13-7-5-11;1-3-2;;;;;;;;;/h4-5,9,12H,1-3,6-8H2;4-6,12H,1-3,8-10H2;3H,1-2H3;6*1H3;;;. The summed E-state index contributed by atoms with van der Waals surface area (Å²) in [5.41, 5.74) is 0. The monoisotopic (exact) mass is 972 g/mol. The van der Waals surface area contributed by atoms with E-state index in [4.69, 9.17) is 40.0 Å². The molecule has 0 N–H and O–H groups in total. The Morgan fingerprint density at radius 3 is 1.64 bits per heavy atom. The van der Waals surface area contributed by atoms with Crippen molar-refractivity contribution in [3.63, 3.8) is 0 Å². The Labute approximate surface area is 303 Å². The fraction of sp³-hybridized carbons (Fsp3) is 0.697. The Morgan fingerprint density at radius 2 is 1.22 bits per heavy atom. The molecule has 254 valence electrons. The first kappa shape index (κ1) is 43.4. The van der Waals surface area contributed by atoms with Gasteiger partial charge >= 0.3 is 200 Å². The van der Waals surface area contributed by atoms with Crippen LogP contribution in [0.2, 0.25) is 38.7 Å². The zero-order chi connectivity index (χ0) is 33.3. The van der Waals surface area contributed by atoms with Crippen molar-refractivity contribution >= 4 is 76.0 Å². The van der Waals surface area contributed by atoms with Crippen LogP contribution in [0.1, 0.15) is 52.4 Å². The number of pyridine rings is 2. The van der Waals surface area contributed by atoms with Crippen molar-refractivity contribution in [1.29, 1.82) is 0 Å². The molecule has 8 nitrogen and oxygen atoms in total. The van der Waals surface area contributed by atoms with E-state index in [0.717, 1.165) is 48.6 Å². The van der Waals surface area contributed by atoms with Gasteiger partial charge in [0, 0.05) is 18.9 Å². The average molecular weight is 969 g/mol. The van der Waals surface area contributed by atoms with Crippen LogP contribution in [-0.2, 0) is 18.9 Å². The molecule has 2 saturated heterocycles. The molecule has 2 unspecified atom stereocenters. The summed E-state index contributed by atoms with van der Waals surface area (Å²) in [5.74, 6) is 1.61. The fourth-order valence-electron chi connectivity index (χ4n) is 3.71. The first-order chi connectivity index (χ1) is 21.5. The molecule has 2 fully saturated rings. The molecule has 2 aliphatic rings. The van der Waals surface area contributed by atoms with Crippen molar-refractivity contribution in [3.8, 4) is 11.5 Å². The van der Waals surface area contributed by atoms with Gasteiger partial charge in [-0.25, -0.2) is 4.98 Å². The second-order valence-corrected chi connectivity index (χ2v) is 35.1. The summed E-state index contributed by atoms with van der Waals surface area (Å²) in [6, 6.07) is 7.45. The zero-order valence-corrected chi connectivity index (χ0v) is 38.2. The molecule has 2 aliphatic heterocycles. The van der Waals surface area contributed by atoms with Gasteiger partial charge < -0.3 is 14.2 Å². The first-order valence-electron chi connectivity index (χ1n) is 16.1. The summed E-state index contributed by atoms with van der Waals surface area (Å²) >= 11 is 4.08. The van der Waals surface area contributed by atoms with Crippen molar-refractivity contribution in [3.05, 3.63) is 41.8 Å². The molecule has 0 spiro atoms. The van der Waals surface area contributed by atoms with E-state index in [2.05, 4.69) is 59.5 Å². The molecule has 2 aromatic heterocycles. The topological polar surface area (TPSA) is 81.2 Å². The maximum atomic E-state index is 5.74. The minimum atomic E-state index is -0.567. The Bertz CT molecular complexity index is 969. The Hall–Kier alpha value is 0.426. The molecule has 2 aromatic rings. The molecule has 4 rings (SSSR count). The predicted molar refractivity (Wildman–Crippen MR) is 191 cm³/mol. The molecule has 45 heavy (non-hydrogen) atoms. The van der Waals surface area contributed by atoms with E-state index in [1.54, 1.807) is 18.3 Å². The quantitative estimate of drug-likeness (QED) is 0.123. The second kappa shape index (κ2) is 28.3. The summed E-state index contributed by atoms with van der Waals surface area (Å²) in [5, 5.41) is 0.430. The van der Waals surface area contributed by atoms with E-state index in [1.807, 2.05) is 12.3 Å². The van der Waals surface area contributed by atoms with E-state index in [9.17, 15) is 0 Å². The van der Waals surface area contributed by atoms with Gasteiger partial charge in [-0.05, 0) is 25.3 Å². The van der Waals surface area contributed by atoms with Gasteiger partial charge in [0.15, 0.2) is 6.29 Å². The third kappa shape index (κ3) is 27.0. The van der Waals surface area contributed by atoms with Crippen molar-refractivity contribution in [2.45, 2.75) is 98.5 Å². The van der Waals surface area contributed by atoms with Crippen LogP contribution >= 0.6 is 11.6 Å². The summed E-state index contributed by atoms with van der Waals surface area (Å²) in [6.07, 6.45) is 9.99. The predicted octanol–water partition coefficient (Wildman–Crippen LogP) is 7.56. The molecule has 0 amide bonds. The molecule has 4 radical (unpaired) electrons. The van der Waals surface area contributed by atoms with Gasteiger partial charge in [0.05, 0.1) is 6.61 Å². The molecule has 0 aliphatic carbocycles. The zero-order valence-electron chi connectivity index (χ0n) is 28.9. The summed E-state index contributed by atoms with van der Waals surface area (Å²) < 4.78 is 35.4. The van der Waals surface area contributed by atoms with Crippen LogP contribution in [0.15, 0.2) is 36.7 Å². The SMILES string of the molecule is C[CH](C)[Sn][c]1cc(OCCOC2CCCCO2)ccn1.Clc1cc(OCCOC2CCCCO2)ccn1.[CH3][Sn]([CH3])[CH3].[CH3][Sn]([CH3])[CH3]. The van der Waals surface area contributed by atoms with Gasteiger partial charge in [0.25, 0.3) is 0 Å². The fourth-order valence-corrected chi connectivity index (χ4v) is 6.64. The number of aromatic nitrogens is 2. The van der Waals surface area contributed by atoms with Crippen molar-refractivity contribution < 1.29 is 28.4 Å². The first-order valence-corrected chi connectivity index (χ1v) is 36.7. The normalized spacial score (nSPS) is 17.8. The van der Waals surface area contributed by atoms with Gasteiger partial charge in [-0.1, -0.05) is 11.6 Å². The van der Waals surface area contributed by atoms with Crippen molar-refractivity contribution in [1.82, 2.24) is 9.97 Å². The molecular weight excluding hydrogens is 912 g/mol. The number of rotatable bonds is 12. The van der Waals surface area contributed by atoms with Crippen LogP contribution in [0.5, 0.6) is 11.5 Å². The second-order valence-electron chi connectivity index (χ2n) is 12.0. The number of nitrogens with zero attached hydrogens (tertiary/aromatic N) is 2. The van der Waals surface area contributed by atoms with Gasteiger partial charge in [-0.2, -0.15) is 0 Å². The van der Waals surface area contributed by atoms with E-state index in [1.165, 1.54) is 16.6 Å². The van der Waals surface area contributed by atoms with Gasteiger partial charge in [-0.15, -0.1) is 0 Å². The van der Waals surface area contributed by atoms with Crippen LogP contribution in [0, 0.1) is 0 Å². The third-order valence-corrected chi connectivity index (χ3v) is 8.93. The Balaban J connectivity index is 0.000000367.